The molecule has 0 aromatic rings. The van der Waals surface area contributed by atoms with Gasteiger partial charge in [0.1, 0.15) is 11.6 Å². The van der Waals surface area contributed by atoms with Crippen molar-refractivity contribution in [2.45, 2.75) is 45.4 Å². The molecule has 3 unspecified atom stereocenters. The minimum absolute atomic E-state index is 0.193. The molecule has 0 heterocycles. The van der Waals surface area contributed by atoms with Crippen LogP contribution in [0.5, 0.6) is 0 Å². The van der Waals surface area contributed by atoms with Crippen LogP contribution < -0.4 is 0 Å². The molecule has 2 aliphatic carbocycles. The van der Waals surface area contributed by atoms with E-state index >= 15 is 0 Å². The minimum Gasteiger partial charge on any atom is -0.300 e. The fourth-order valence-electron chi connectivity index (χ4n) is 3.24. The fourth-order valence-corrected chi connectivity index (χ4v) is 3.24. The Bertz CT molecular complexity index is 255. The fraction of sp³-hybridized carbons (Fsp3) is 0.833. The van der Waals surface area contributed by atoms with Gasteiger partial charge < -0.3 is 0 Å². The lowest BCUT2D eigenvalue weighted by molar-refractivity contribution is -0.135. The van der Waals surface area contributed by atoms with Crippen molar-refractivity contribution in [2.75, 3.05) is 0 Å². The molecule has 78 valence electrons. The molecule has 0 aliphatic heterocycles. The highest BCUT2D eigenvalue weighted by molar-refractivity contribution is 5.86. The van der Waals surface area contributed by atoms with Gasteiger partial charge >= 0.3 is 0 Å². The third kappa shape index (κ3) is 1.62. The zero-order chi connectivity index (χ0) is 10.1. The summed E-state index contributed by atoms with van der Waals surface area (Å²) in [7, 11) is 0. The first-order valence-corrected chi connectivity index (χ1v) is 5.73. The molecular weight excluding hydrogens is 176 g/mol. The number of carbonyl (C=O) groups excluding carboxylic acids is 2. The second-order valence-corrected chi connectivity index (χ2v) is 4.78. The maximum absolute atomic E-state index is 11.7. The first-order chi connectivity index (χ1) is 6.70. The Hall–Kier alpha value is -0.660. The summed E-state index contributed by atoms with van der Waals surface area (Å²) < 4.78 is 0. The third-order valence-corrected chi connectivity index (χ3v) is 3.97. The van der Waals surface area contributed by atoms with Gasteiger partial charge in [-0.25, -0.2) is 0 Å². The Morgan fingerprint density at radius 2 is 1.93 bits per heavy atom. The predicted molar refractivity (Wildman–Crippen MR) is 53.9 cm³/mol. The lowest BCUT2D eigenvalue weighted by Crippen LogP contribution is -2.39. The summed E-state index contributed by atoms with van der Waals surface area (Å²) in [6, 6.07) is 0. The van der Waals surface area contributed by atoms with Gasteiger partial charge in [0.25, 0.3) is 0 Å². The minimum atomic E-state index is 0.193. The Morgan fingerprint density at radius 3 is 2.64 bits per heavy atom. The first-order valence-electron chi connectivity index (χ1n) is 5.73. The van der Waals surface area contributed by atoms with E-state index in [2.05, 4.69) is 0 Å². The van der Waals surface area contributed by atoms with E-state index in [-0.39, 0.29) is 11.8 Å². The van der Waals surface area contributed by atoms with E-state index in [0.717, 1.165) is 19.3 Å². The summed E-state index contributed by atoms with van der Waals surface area (Å²) in [6.45, 7) is 1.69. The van der Waals surface area contributed by atoms with Crippen molar-refractivity contribution in [3.63, 3.8) is 0 Å². The molecule has 2 rings (SSSR count). The van der Waals surface area contributed by atoms with Crippen molar-refractivity contribution in [3.05, 3.63) is 0 Å². The quantitative estimate of drug-likeness (QED) is 0.642. The molecule has 14 heavy (non-hydrogen) atoms. The van der Waals surface area contributed by atoms with Crippen molar-refractivity contribution >= 4 is 11.6 Å². The average Bonchev–Trinajstić information content (AvgIpc) is 2.18. The van der Waals surface area contributed by atoms with Gasteiger partial charge in [-0.3, -0.25) is 9.59 Å². The summed E-state index contributed by atoms with van der Waals surface area (Å²) >= 11 is 0. The summed E-state index contributed by atoms with van der Waals surface area (Å²) in [4.78, 5) is 23.1. The van der Waals surface area contributed by atoms with Gasteiger partial charge in [0.2, 0.25) is 0 Å². The van der Waals surface area contributed by atoms with Gasteiger partial charge in [-0.05, 0) is 32.1 Å². The highest BCUT2D eigenvalue weighted by Gasteiger charge is 2.41. The molecule has 2 fully saturated rings. The molecule has 2 nitrogen and oxygen atoms in total. The third-order valence-electron chi connectivity index (χ3n) is 3.97. The van der Waals surface area contributed by atoms with E-state index in [1.54, 1.807) is 6.92 Å². The van der Waals surface area contributed by atoms with E-state index in [1.807, 2.05) is 0 Å². The maximum atomic E-state index is 11.7. The smallest absolute Gasteiger partial charge is 0.136 e. The van der Waals surface area contributed by atoms with Crippen LogP contribution in [0.1, 0.15) is 45.4 Å². The number of ketones is 2. The van der Waals surface area contributed by atoms with E-state index in [1.165, 1.54) is 12.8 Å². The van der Waals surface area contributed by atoms with E-state index in [4.69, 9.17) is 0 Å². The molecule has 0 radical (unpaired) electrons. The zero-order valence-corrected chi connectivity index (χ0v) is 8.79. The van der Waals surface area contributed by atoms with Crippen LogP contribution in [-0.2, 0) is 9.59 Å². The lowest BCUT2D eigenvalue weighted by atomic mass is 9.64. The topological polar surface area (TPSA) is 34.1 Å². The molecule has 0 N–H and O–H groups in total. The molecule has 0 bridgehead atoms. The highest BCUT2D eigenvalue weighted by Crippen LogP contribution is 2.42. The molecule has 0 aromatic heterocycles. The molecular formula is C12H18O2. The Balaban J connectivity index is 2.16. The summed E-state index contributed by atoms with van der Waals surface area (Å²) in [6.07, 6.45) is 5.98. The van der Waals surface area contributed by atoms with E-state index in [9.17, 15) is 9.59 Å². The van der Waals surface area contributed by atoms with Crippen molar-refractivity contribution in [1.82, 2.24) is 0 Å². The Labute approximate surface area is 85.1 Å². The number of fused-ring (bicyclic) bond motifs is 1. The Morgan fingerprint density at radius 1 is 1.21 bits per heavy atom. The monoisotopic (exact) mass is 194 g/mol. The largest absolute Gasteiger partial charge is 0.300 e. The lowest BCUT2D eigenvalue weighted by Gasteiger charge is -2.39. The standard InChI is InChI=1S/C12H18O2/c1-8(13)9-6-7-12(14)11-5-3-2-4-10(9)11/h9-11H,2-7H2,1H3. The van der Waals surface area contributed by atoms with Crippen LogP contribution in [0.4, 0.5) is 0 Å². The van der Waals surface area contributed by atoms with Crippen LogP contribution in [-0.4, -0.2) is 11.6 Å². The molecule has 2 heteroatoms. The van der Waals surface area contributed by atoms with Crippen LogP contribution in [0.25, 0.3) is 0 Å². The highest BCUT2D eigenvalue weighted by atomic mass is 16.1. The molecule has 0 spiro atoms. The Kier molecular flexibility index (Phi) is 2.71. The number of hydrogen-bond donors (Lipinski definition) is 0. The number of Topliss-reactive ketones (excluding diaryl/α,β-unsaturated/α-hetero) is 2. The van der Waals surface area contributed by atoms with Crippen LogP contribution in [0.15, 0.2) is 0 Å². The van der Waals surface area contributed by atoms with E-state index < -0.39 is 0 Å². The van der Waals surface area contributed by atoms with E-state index in [0.29, 0.717) is 23.9 Å². The van der Waals surface area contributed by atoms with Crippen molar-refractivity contribution in [1.29, 1.82) is 0 Å². The van der Waals surface area contributed by atoms with Crippen LogP contribution in [0.3, 0.4) is 0 Å². The van der Waals surface area contributed by atoms with Gasteiger partial charge in [-0.1, -0.05) is 12.8 Å². The van der Waals surface area contributed by atoms with Crippen molar-refractivity contribution in [3.8, 4) is 0 Å². The number of carbonyl (C=O) groups is 2. The average molecular weight is 194 g/mol. The first kappa shape index (κ1) is 9.88. The van der Waals surface area contributed by atoms with Gasteiger partial charge in [-0.15, -0.1) is 0 Å². The van der Waals surface area contributed by atoms with Crippen LogP contribution in [0, 0.1) is 17.8 Å². The van der Waals surface area contributed by atoms with Gasteiger partial charge in [0.05, 0.1) is 0 Å². The second-order valence-electron chi connectivity index (χ2n) is 4.78. The molecule has 2 saturated carbocycles. The molecule has 0 aromatic carbocycles. The van der Waals surface area contributed by atoms with Gasteiger partial charge in [-0.2, -0.15) is 0 Å². The zero-order valence-electron chi connectivity index (χ0n) is 8.79. The SMILES string of the molecule is CC(=O)C1CCC(=O)C2CCCCC12. The summed E-state index contributed by atoms with van der Waals surface area (Å²) in [5.74, 6) is 1.54. The molecule has 3 atom stereocenters. The maximum Gasteiger partial charge on any atom is 0.136 e. The van der Waals surface area contributed by atoms with Crippen molar-refractivity contribution in [2.24, 2.45) is 17.8 Å². The number of hydrogen-bond acceptors (Lipinski definition) is 2. The molecule has 0 amide bonds. The van der Waals surface area contributed by atoms with Crippen LogP contribution >= 0.6 is 0 Å². The van der Waals surface area contributed by atoms with Gasteiger partial charge in [0, 0.05) is 18.3 Å². The number of rotatable bonds is 1. The summed E-state index contributed by atoms with van der Waals surface area (Å²) in [5.41, 5.74) is 0. The van der Waals surface area contributed by atoms with Gasteiger partial charge in [0.15, 0.2) is 0 Å². The van der Waals surface area contributed by atoms with Crippen LogP contribution in [0.2, 0.25) is 0 Å². The predicted octanol–water partition coefficient (Wildman–Crippen LogP) is 2.36. The second kappa shape index (κ2) is 3.84. The molecule has 0 saturated heterocycles. The normalized spacial score (nSPS) is 37.8. The summed E-state index contributed by atoms with van der Waals surface area (Å²) in [5, 5.41) is 0. The van der Waals surface area contributed by atoms with Crippen molar-refractivity contribution < 1.29 is 9.59 Å². The molecule has 2 aliphatic rings.